The molecule has 0 atom stereocenters. The molecule has 0 aliphatic carbocycles. The first-order chi connectivity index (χ1) is 16.5. The van der Waals surface area contributed by atoms with Crippen LogP contribution in [0.25, 0.3) is 0 Å². The van der Waals surface area contributed by atoms with E-state index in [1.807, 2.05) is 67.2 Å². The molecule has 34 heavy (non-hydrogen) atoms. The van der Waals surface area contributed by atoms with Gasteiger partial charge < -0.3 is 19.1 Å². The largest absolute Gasteiger partial charge is 0.382 e. The number of nitrogens with zero attached hydrogens (tertiary/aromatic N) is 3. The molecule has 0 aliphatic rings. The molecule has 7 heteroatoms. The number of halogens is 1. The molecule has 1 aromatic heterocycles. The van der Waals surface area contributed by atoms with Gasteiger partial charge in [-0.1, -0.05) is 48.0 Å². The van der Waals surface area contributed by atoms with Crippen LogP contribution in [0.3, 0.4) is 0 Å². The summed E-state index contributed by atoms with van der Waals surface area (Å²) in [4.78, 5) is 30.2. The maximum atomic E-state index is 13.6. The van der Waals surface area contributed by atoms with Gasteiger partial charge in [0, 0.05) is 55.8 Å². The summed E-state index contributed by atoms with van der Waals surface area (Å²) in [6.07, 6.45) is 2.60. The van der Waals surface area contributed by atoms with Crippen LogP contribution < -0.4 is 0 Å². The van der Waals surface area contributed by atoms with Gasteiger partial charge in [-0.25, -0.2) is 0 Å². The fourth-order valence-corrected chi connectivity index (χ4v) is 3.90. The van der Waals surface area contributed by atoms with E-state index < -0.39 is 0 Å². The highest BCUT2D eigenvalue weighted by Gasteiger charge is 2.23. The first kappa shape index (κ1) is 25.5. The van der Waals surface area contributed by atoms with Gasteiger partial charge in [-0.15, -0.1) is 0 Å². The molecule has 0 radical (unpaired) electrons. The average molecular weight is 482 g/mol. The number of rotatable bonds is 12. The summed E-state index contributed by atoms with van der Waals surface area (Å²) in [5, 5.41) is 0.487. The van der Waals surface area contributed by atoms with Crippen molar-refractivity contribution < 1.29 is 14.3 Å². The third-order valence-corrected chi connectivity index (χ3v) is 5.81. The smallest absolute Gasteiger partial charge is 0.254 e. The zero-order valence-electron chi connectivity index (χ0n) is 19.8. The number of aryl methyl sites for hydroxylation is 1. The zero-order valence-corrected chi connectivity index (χ0v) is 20.6. The number of benzene rings is 2. The minimum Gasteiger partial charge on any atom is -0.382 e. The highest BCUT2D eigenvalue weighted by atomic mass is 35.5. The monoisotopic (exact) mass is 481 g/mol. The van der Waals surface area contributed by atoms with E-state index in [2.05, 4.69) is 0 Å². The second kappa shape index (κ2) is 13.0. The third-order valence-electron chi connectivity index (χ3n) is 5.58. The quantitative estimate of drug-likeness (QED) is 0.350. The summed E-state index contributed by atoms with van der Waals surface area (Å²) in [6, 6.07) is 20.7. The Kier molecular flexibility index (Phi) is 9.74. The number of hydrogen-bond donors (Lipinski definition) is 0. The van der Waals surface area contributed by atoms with Crippen molar-refractivity contribution in [1.29, 1.82) is 0 Å². The third kappa shape index (κ3) is 7.47. The van der Waals surface area contributed by atoms with Crippen molar-refractivity contribution in [3.05, 3.63) is 94.8 Å². The Morgan fingerprint density at radius 3 is 2.44 bits per heavy atom. The van der Waals surface area contributed by atoms with Crippen LogP contribution in [0.2, 0.25) is 5.02 Å². The van der Waals surface area contributed by atoms with Crippen molar-refractivity contribution in [1.82, 2.24) is 14.4 Å². The Labute approximate surface area is 206 Å². The van der Waals surface area contributed by atoms with Crippen molar-refractivity contribution >= 4 is 23.4 Å². The fraction of sp³-hybridized carbons (Fsp3) is 0.333. The van der Waals surface area contributed by atoms with Gasteiger partial charge in [0.1, 0.15) is 6.54 Å². The molecule has 0 unspecified atom stereocenters. The molecule has 3 aromatic rings. The molecule has 0 bridgehead atoms. The van der Waals surface area contributed by atoms with E-state index in [1.165, 1.54) is 0 Å². The van der Waals surface area contributed by atoms with Gasteiger partial charge in [-0.3, -0.25) is 9.59 Å². The molecule has 0 spiro atoms. The van der Waals surface area contributed by atoms with Gasteiger partial charge in [0.2, 0.25) is 5.91 Å². The molecule has 2 aromatic carbocycles. The van der Waals surface area contributed by atoms with Crippen LogP contribution in [0.15, 0.2) is 72.9 Å². The second-order valence-electron chi connectivity index (χ2n) is 8.13. The Morgan fingerprint density at radius 2 is 1.76 bits per heavy atom. The number of carbonyl (C=O) groups is 2. The van der Waals surface area contributed by atoms with E-state index in [9.17, 15) is 9.59 Å². The number of aromatic nitrogens is 1. The van der Waals surface area contributed by atoms with E-state index in [1.54, 1.807) is 34.1 Å². The van der Waals surface area contributed by atoms with Crippen molar-refractivity contribution in [3.63, 3.8) is 0 Å². The lowest BCUT2D eigenvalue weighted by molar-refractivity contribution is -0.133. The average Bonchev–Trinajstić information content (AvgIpc) is 3.25. The van der Waals surface area contributed by atoms with Crippen LogP contribution in [0.4, 0.5) is 0 Å². The highest BCUT2D eigenvalue weighted by molar-refractivity contribution is 6.31. The standard InChI is InChI=1S/C27H32ClN3O3/c1-3-34-17-9-16-30(27(33)23-12-7-13-24(28)18-23)21-26(32)31(19-22-10-5-4-6-11-22)20-25-14-8-15-29(25)2/h4-8,10-15,18H,3,9,16-17,19-21H2,1-2H3. The van der Waals surface area contributed by atoms with E-state index in [0.717, 1.165) is 11.3 Å². The number of ether oxygens (including phenoxy) is 1. The van der Waals surface area contributed by atoms with E-state index in [0.29, 0.717) is 49.9 Å². The molecule has 0 saturated heterocycles. The minimum absolute atomic E-state index is 0.0191. The Hall–Kier alpha value is -3.09. The summed E-state index contributed by atoms with van der Waals surface area (Å²) in [5.41, 5.74) is 2.52. The lowest BCUT2D eigenvalue weighted by Crippen LogP contribution is -2.43. The van der Waals surface area contributed by atoms with Crippen molar-refractivity contribution in [2.45, 2.75) is 26.4 Å². The molecule has 0 aliphatic heterocycles. The van der Waals surface area contributed by atoms with Gasteiger partial charge in [-0.05, 0) is 49.2 Å². The lowest BCUT2D eigenvalue weighted by Gasteiger charge is -2.28. The summed E-state index contributed by atoms with van der Waals surface area (Å²) in [7, 11) is 1.96. The molecule has 0 N–H and O–H groups in total. The maximum Gasteiger partial charge on any atom is 0.254 e. The Balaban J connectivity index is 1.80. The van der Waals surface area contributed by atoms with Crippen LogP contribution in [-0.2, 0) is 29.7 Å². The molecule has 0 fully saturated rings. The fourth-order valence-electron chi connectivity index (χ4n) is 3.71. The summed E-state index contributed by atoms with van der Waals surface area (Å²) in [6.45, 7) is 4.39. The summed E-state index contributed by atoms with van der Waals surface area (Å²) >= 11 is 6.11. The first-order valence-electron chi connectivity index (χ1n) is 11.5. The van der Waals surface area contributed by atoms with Crippen molar-refractivity contribution in [3.8, 4) is 0 Å². The molecular weight excluding hydrogens is 450 g/mol. The van der Waals surface area contributed by atoms with E-state index >= 15 is 0 Å². The Morgan fingerprint density at radius 1 is 0.971 bits per heavy atom. The molecule has 180 valence electrons. The molecule has 1 heterocycles. The van der Waals surface area contributed by atoms with Gasteiger partial charge in [0.25, 0.3) is 5.91 Å². The summed E-state index contributed by atoms with van der Waals surface area (Å²) < 4.78 is 7.45. The van der Waals surface area contributed by atoms with Crippen LogP contribution in [0.5, 0.6) is 0 Å². The van der Waals surface area contributed by atoms with Gasteiger partial charge in [-0.2, -0.15) is 0 Å². The van der Waals surface area contributed by atoms with Crippen LogP contribution in [0.1, 0.15) is 35.0 Å². The van der Waals surface area contributed by atoms with Gasteiger partial charge in [0.15, 0.2) is 0 Å². The first-order valence-corrected chi connectivity index (χ1v) is 11.9. The van der Waals surface area contributed by atoms with Crippen LogP contribution >= 0.6 is 11.6 Å². The molecule has 0 saturated carbocycles. The van der Waals surface area contributed by atoms with E-state index in [4.69, 9.17) is 16.3 Å². The number of hydrogen-bond acceptors (Lipinski definition) is 3. The number of carbonyl (C=O) groups excluding carboxylic acids is 2. The van der Waals surface area contributed by atoms with Crippen LogP contribution in [-0.4, -0.2) is 52.5 Å². The molecule has 2 amide bonds. The predicted molar refractivity (Wildman–Crippen MR) is 135 cm³/mol. The lowest BCUT2D eigenvalue weighted by atomic mass is 10.1. The highest BCUT2D eigenvalue weighted by Crippen LogP contribution is 2.15. The SMILES string of the molecule is CCOCCCN(CC(=O)N(Cc1ccccc1)Cc1cccn1C)C(=O)c1cccc(Cl)c1. The second-order valence-corrected chi connectivity index (χ2v) is 8.57. The Bertz CT molecular complexity index is 1070. The van der Waals surface area contributed by atoms with E-state index in [-0.39, 0.29) is 18.4 Å². The topological polar surface area (TPSA) is 54.8 Å². The van der Waals surface area contributed by atoms with Gasteiger partial charge >= 0.3 is 0 Å². The van der Waals surface area contributed by atoms with Crippen LogP contribution in [0, 0.1) is 0 Å². The van der Waals surface area contributed by atoms with Crippen molar-refractivity contribution in [2.75, 3.05) is 26.3 Å². The zero-order chi connectivity index (χ0) is 24.3. The van der Waals surface area contributed by atoms with Crippen molar-refractivity contribution in [2.24, 2.45) is 7.05 Å². The van der Waals surface area contributed by atoms with Gasteiger partial charge in [0.05, 0.1) is 6.54 Å². The molecular formula is C27H32ClN3O3. The predicted octanol–water partition coefficient (Wildman–Crippen LogP) is 4.78. The number of amides is 2. The molecule has 3 rings (SSSR count). The maximum absolute atomic E-state index is 13.6. The minimum atomic E-state index is -0.217. The normalized spacial score (nSPS) is 10.8. The summed E-state index contributed by atoms with van der Waals surface area (Å²) in [5.74, 6) is -0.331. The molecule has 6 nitrogen and oxygen atoms in total.